The van der Waals surface area contributed by atoms with Crippen molar-refractivity contribution in [2.75, 3.05) is 4.43 Å². The van der Waals surface area contributed by atoms with Gasteiger partial charge < -0.3 is 0 Å². The van der Waals surface area contributed by atoms with Crippen molar-refractivity contribution in [3.05, 3.63) is 65.9 Å². The van der Waals surface area contributed by atoms with Gasteiger partial charge in [0.1, 0.15) is 0 Å². The zero-order valence-corrected chi connectivity index (χ0v) is 15.1. The normalized spacial score (nSPS) is 11.9. The maximum Gasteiger partial charge on any atom is 0.268 e. The SMILES string of the molecule is Cc1ccc(S(=O)(=O)n2c(CCI)cc3ccccc32)cc1. The van der Waals surface area contributed by atoms with Gasteiger partial charge >= 0.3 is 0 Å². The van der Waals surface area contributed by atoms with Gasteiger partial charge in [0.05, 0.1) is 10.4 Å². The Labute approximate surface area is 144 Å². The number of para-hydroxylation sites is 1. The monoisotopic (exact) mass is 425 g/mol. The van der Waals surface area contributed by atoms with Gasteiger partial charge in [-0.25, -0.2) is 12.4 Å². The molecule has 0 aliphatic rings. The van der Waals surface area contributed by atoms with Crippen molar-refractivity contribution in [1.29, 1.82) is 0 Å². The molecule has 3 nitrogen and oxygen atoms in total. The number of rotatable bonds is 4. The van der Waals surface area contributed by atoms with Crippen molar-refractivity contribution >= 4 is 43.5 Å². The lowest BCUT2D eigenvalue weighted by atomic mass is 10.2. The molecule has 0 aliphatic heterocycles. The van der Waals surface area contributed by atoms with Crippen molar-refractivity contribution < 1.29 is 8.42 Å². The van der Waals surface area contributed by atoms with E-state index in [-0.39, 0.29) is 0 Å². The van der Waals surface area contributed by atoms with Crippen LogP contribution in [0, 0.1) is 6.92 Å². The van der Waals surface area contributed by atoms with Gasteiger partial charge in [-0.2, -0.15) is 0 Å². The molecule has 0 aliphatic carbocycles. The summed E-state index contributed by atoms with van der Waals surface area (Å²) in [5.74, 6) is 0. The molecule has 3 rings (SSSR count). The van der Waals surface area contributed by atoms with E-state index in [2.05, 4.69) is 22.6 Å². The van der Waals surface area contributed by atoms with E-state index in [9.17, 15) is 8.42 Å². The summed E-state index contributed by atoms with van der Waals surface area (Å²) in [4.78, 5) is 0.328. The Morgan fingerprint density at radius 1 is 1.05 bits per heavy atom. The summed E-state index contributed by atoms with van der Waals surface area (Å²) in [6.45, 7) is 1.95. The van der Waals surface area contributed by atoms with E-state index >= 15 is 0 Å². The molecule has 5 heteroatoms. The fourth-order valence-electron chi connectivity index (χ4n) is 2.56. The number of nitrogens with zero attached hydrogens (tertiary/aromatic N) is 1. The standard InChI is InChI=1S/C17H16INO2S/c1-13-6-8-16(9-7-13)22(20,21)19-15(10-11-18)12-14-4-2-3-5-17(14)19/h2-9,12H,10-11H2,1H3. The Morgan fingerprint density at radius 2 is 1.73 bits per heavy atom. The second-order valence-corrected chi connectivity index (χ2v) is 8.08. The first-order chi connectivity index (χ1) is 10.5. The van der Waals surface area contributed by atoms with Crippen LogP contribution in [0.4, 0.5) is 0 Å². The number of benzene rings is 2. The van der Waals surface area contributed by atoms with E-state index in [1.165, 1.54) is 3.97 Å². The van der Waals surface area contributed by atoms with Crippen molar-refractivity contribution in [3.8, 4) is 0 Å². The third-order valence-corrected chi connectivity index (χ3v) is 5.97. The highest BCUT2D eigenvalue weighted by atomic mass is 127. The number of aromatic nitrogens is 1. The minimum absolute atomic E-state index is 0.328. The molecule has 0 radical (unpaired) electrons. The average molecular weight is 425 g/mol. The van der Waals surface area contributed by atoms with Gasteiger partial charge in [0.15, 0.2) is 0 Å². The Balaban J connectivity index is 2.27. The van der Waals surface area contributed by atoms with Crippen LogP contribution in [0.15, 0.2) is 59.5 Å². The van der Waals surface area contributed by atoms with Crippen molar-refractivity contribution in [1.82, 2.24) is 3.97 Å². The molecule has 0 fully saturated rings. The molecular weight excluding hydrogens is 409 g/mol. The van der Waals surface area contributed by atoms with Crippen molar-refractivity contribution in [3.63, 3.8) is 0 Å². The fourth-order valence-corrected chi connectivity index (χ4v) is 4.68. The predicted octanol–water partition coefficient (Wildman–Crippen LogP) is 4.16. The van der Waals surface area contributed by atoms with E-state index in [1.54, 1.807) is 12.1 Å². The molecule has 3 aromatic rings. The summed E-state index contributed by atoms with van der Waals surface area (Å²) < 4.78 is 28.5. The zero-order chi connectivity index (χ0) is 15.7. The molecule has 0 bridgehead atoms. The molecular formula is C17H16INO2S. The predicted molar refractivity (Wildman–Crippen MR) is 98.3 cm³/mol. The van der Waals surface area contributed by atoms with Crippen LogP contribution in [0.2, 0.25) is 0 Å². The Bertz CT molecular complexity index is 911. The van der Waals surface area contributed by atoms with Crippen LogP contribution < -0.4 is 0 Å². The molecule has 2 aromatic carbocycles. The lowest BCUT2D eigenvalue weighted by molar-refractivity contribution is 0.587. The summed E-state index contributed by atoms with van der Waals surface area (Å²) in [5, 5.41) is 0.957. The van der Waals surface area contributed by atoms with E-state index < -0.39 is 10.0 Å². The topological polar surface area (TPSA) is 39.1 Å². The van der Waals surface area contributed by atoms with Crippen molar-refractivity contribution in [2.24, 2.45) is 0 Å². The second-order valence-electron chi connectivity index (χ2n) is 5.22. The molecule has 0 saturated carbocycles. The van der Waals surface area contributed by atoms with Crippen LogP contribution in [0.3, 0.4) is 0 Å². The van der Waals surface area contributed by atoms with E-state index in [0.717, 1.165) is 33.0 Å². The van der Waals surface area contributed by atoms with Gasteiger partial charge in [-0.1, -0.05) is 58.5 Å². The van der Waals surface area contributed by atoms with Crippen LogP contribution in [-0.4, -0.2) is 16.8 Å². The summed E-state index contributed by atoms with van der Waals surface area (Å²) in [5.41, 5.74) is 2.61. The van der Waals surface area contributed by atoms with E-state index in [0.29, 0.717) is 4.90 Å². The summed E-state index contributed by atoms with van der Waals surface area (Å²) >= 11 is 2.27. The minimum atomic E-state index is -3.58. The minimum Gasteiger partial charge on any atom is -0.238 e. The van der Waals surface area contributed by atoms with Gasteiger partial charge in [-0.05, 0) is 37.6 Å². The molecule has 1 heterocycles. The summed E-state index contributed by atoms with van der Waals surface area (Å²) in [7, 11) is -3.58. The van der Waals surface area contributed by atoms with Crippen molar-refractivity contribution in [2.45, 2.75) is 18.2 Å². The lowest BCUT2D eigenvalue weighted by Crippen LogP contribution is -2.16. The maximum atomic E-state index is 13.1. The Hall–Kier alpha value is -1.34. The van der Waals surface area contributed by atoms with Crippen LogP contribution in [0.25, 0.3) is 10.9 Å². The van der Waals surface area contributed by atoms with Gasteiger partial charge in [-0.3, -0.25) is 0 Å². The molecule has 1 aromatic heterocycles. The van der Waals surface area contributed by atoms with Gasteiger partial charge in [-0.15, -0.1) is 0 Å². The van der Waals surface area contributed by atoms with E-state index in [4.69, 9.17) is 0 Å². The first kappa shape index (κ1) is 15.6. The number of halogens is 1. The molecule has 0 amide bonds. The molecule has 22 heavy (non-hydrogen) atoms. The van der Waals surface area contributed by atoms with Crippen LogP contribution in [0.1, 0.15) is 11.3 Å². The van der Waals surface area contributed by atoms with Crippen LogP contribution in [0.5, 0.6) is 0 Å². The average Bonchev–Trinajstić information content (AvgIpc) is 2.86. The third kappa shape index (κ3) is 2.67. The number of hydrogen-bond acceptors (Lipinski definition) is 2. The summed E-state index contributed by atoms with van der Waals surface area (Å²) in [6, 6.07) is 16.6. The molecule has 114 valence electrons. The first-order valence-corrected chi connectivity index (χ1v) is 9.98. The quantitative estimate of drug-likeness (QED) is 0.465. The van der Waals surface area contributed by atoms with Crippen LogP contribution >= 0.6 is 22.6 Å². The maximum absolute atomic E-state index is 13.1. The molecule has 0 unspecified atom stereocenters. The van der Waals surface area contributed by atoms with E-state index in [1.807, 2.05) is 49.4 Å². The highest BCUT2D eigenvalue weighted by Crippen LogP contribution is 2.26. The number of alkyl halides is 1. The second kappa shape index (κ2) is 6.04. The smallest absolute Gasteiger partial charge is 0.238 e. The molecule has 0 atom stereocenters. The zero-order valence-electron chi connectivity index (χ0n) is 12.2. The number of fused-ring (bicyclic) bond motifs is 1. The summed E-state index contributed by atoms with van der Waals surface area (Å²) in [6.07, 6.45) is 0.723. The van der Waals surface area contributed by atoms with Crippen LogP contribution in [-0.2, 0) is 16.4 Å². The lowest BCUT2D eigenvalue weighted by Gasteiger charge is -2.11. The molecule has 0 N–H and O–H groups in total. The Morgan fingerprint density at radius 3 is 2.41 bits per heavy atom. The van der Waals surface area contributed by atoms with Gasteiger partial charge in [0, 0.05) is 15.5 Å². The largest absolute Gasteiger partial charge is 0.268 e. The van der Waals surface area contributed by atoms with Gasteiger partial charge in [0.25, 0.3) is 10.0 Å². The number of hydrogen-bond donors (Lipinski definition) is 0. The highest BCUT2D eigenvalue weighted by Gasteiger charge is 2.22. The highest BCUT2D eigenvalue weighted by molar-refractivity contribution is 14.1. The number of aryl methyl sites for hydroxylation is 2. The fraction of sp³-hybridized carbons (Fsp3) is 0.176. The van der Waals surface area contributed by atoms with Gasteiger partial charge in [0.2, 0.25) is 0 Å². The molecule has 0 spiro atoms. The molecule has 0 saturated heterocycles. The first-order valence-electron chi connectivity index (χ1n) is 7.01. The third-order valence-electron chi connectivity index (χ3n) is 3.65. The Kier molecular flexibility index (Phi) is 4.27.